The summed E-state index contributed by atoms with van der Waals surface area (Å²) in [5.41, 5.74) is 8.61. The zero-order chi connectivity index (χ0) is 12.6. The average Bonchev–Trinajstić information content (AvgIpc) is 2.28. The Kier molecular flexibility index (Phi) is 3.24. The largest absolute Gasteiger partial charge is 0.494 e. The van der Waals surface area contributed by atoms with Gasteiger partial charge in [-0.3, -0.25) is 0 Å². The Balaban J connectivity index is 2.85. The summed E-state index contributed by atoms with van der Waals surface area (Å²) in [6.45, 7) is 4.19. The van der Waals surface area contributed by atoms with Gasteiger partial charge in [0.2, 0.25) is 0 Å². The molecule has 0 saturated carbocycles. The summed E-state index contributed by atoms with van der Waals surface area (Å²) in [6, 6.07) is 5.74. The molecule has 2 N–H and O–H groups in total. The normalized spacial score (nSPS) is 11.1. The third-order valence-electron chi connectivity index (χ3n) is 2.73. The maximum Gasteiger partial charge on any atom is 0.145 e. The Labute approximate surface area is 109 Å². The number of nitrogen functional groups attached to an aromatic ring is 1. The van der Waals surface area contributed by atoms with Gasteiger partial charge in [0.05, 0.1) is 7.11 Å². The average molecular weight is 295 g/mol. The van der Waals surface area contributed by atoms with Gasteiger partial charge in [0.25, 0.3) is 0 Å². The van der Waals surface area contributed by atoms with Crippen LogP contribution < -0.4 is 10.5 Å². The summed E-state index contributed by atoms with van der Waals surface area (Å²) in [7, 11) is 1.64. The highest BCUT2D eigenvalue weighted by Crippen LogP contribution is 2.35. The lowest BCUT2D eigenvalue weighted by Gasteiger charge is -2.12. The molecule has 90 valence electrons. The van der Waals surface area contributed by atoms with Crippen molar-refractivity contribution in [1.82, 2.24) is 4.98 Å². The van der Waals surface area contributed by atoms with E-state index in [1.54, 1.807) is 7.11 Å². The van der Waals surface area contributed by atoms with Gasteiger partial charge in [0, 0.05) is 21.2 Å². The second-order valence-corrected chi connectivity index (χ2v) is 5.12. The number of ether oxygens (including phenoxy) is 1. The van der Waals surface area contributed by atoms with Gasteiger partial charge in [-0.2, -0.15) is 0 Å². The Morgan fingerprint density at radius 2 is 2.06 bits per heavy atom. The van der Waals surface area contributed by atoms with E-state index in [9.17, 15) is 0 Å². The molecular weight excluding hydrogens is 280 g/mol. The molecule has 0 aliphatic carbocycles. The fraction of sp³-hybridized carbons (Fsp3) is 0.308. The summed E-state index contributed by atoms with van der Waals surface area (Å²) in [6.07, 6.45) is 0. The minimum absolute atomic E-state index is 0.338. The molecule has 0 fully saturated rings. The van der Waals surface area contributed by atoms with Crippen LogP contribution in [0.1, 0.15) is 25.5 Å². The SMILES string of the molecule is COc1ccc(Br)c2c(N)cc(C(C)C)nc12. The molecule has 0 radical (unpaired) electrons. The van der Waals surface area contributed by atoms with Crippen LogP contribution in [0.4, 0.5) is 5.69 Å². The van der Waals surface area contributed by atoms with Crippen molar-refractivity contribution >= 4 is 32.5 Å². The summed E-state index contributed by atoms with van der Waals surface area (Å²) in [5.74, 6) is 1.09. The fourth-order valence-corrected chi connectivity index (χ4v) is 2.34. The summed E-state index contributed by atoms with van der Waals surface area (Å²) < 4.78 is 6.27. The minimum atomic E-state index is 0.338. The number of fused-ring (bicyclic) bond motifs is 1. The van der Waals surface area contributed by atoms with Crippen molar-refractivity contribution in [2.75, 3.05) is 12.8 Å². The number of nitrogens with zero attached hydrogens (tertiary/aromatic N) is 1. The molecule has 17 heavy (non-hydrogen) atoms. The van der Waals surface area contributed by atoms with Crippen LogP contribution in [0.2, 0.25) is 0 Å². The van der Waals surface area contributed by atoms with E-state index < -0.39 is 0 Å². The number of benzene rings is 1. The summed E-state index contributed by atoms with van der Waals surface area (Å²) in [5, 5.41) is 0.911. The topological polar surface area (TPSA) is 48.1 Å². The third-order valence-corrected chi connectivity index (χ3v) is 3.40. The number of aromatic nitrogens is 1. The van der Waals surface area contributed by atoms with Gasteiger partial charge in [-0.25, -0.2) is 4.98 Å². The van der Waals surface area contributed by atoms with Gasteiger partial charge in [0.1, 0.15) is 11.3 Å². The van der Waals surface area contributed by atoms with Gasteiger partial charge in [-0.15, -0.1) is 0 Å². The van der Waals surface area contributed by atoms with Crippen molar-refractivity contribution in [3.05, 3.63) is 28.4 Å². The summed E-state index contributed by atoms with van der Waals surface area (Å²) in [4.78, 5) is 4.63. The van der Waals surface area contributed by atoms with Crippen molar-refractivity contribution in [1.29, 1.82) is 0 Å². The van der Waals surface area contributed by atoms with Crippen molar-refractivity contribution < 1.29 is 4.74 Å². The quantitative estimate of drug-likeness (QED) is 0.918. The van der Waals surface area contributed by atoms with Gasteiger partial charge < -0.3 is 10.5 Å². The number of nitrogens with two attached hydrogens (primary N) is 1. The molecule has 0 saturated heterocycles. The standard InChI is InChI=1S/C13H15BrN2O/c1-7(2)10-6-9(15)12-8(14)4-5-11(17-3)13(12)16-10/h4-7H,1-3H3,(H2,15,16). The first-order valence-corrected chi connectivity index (χ1v) is 6.26. The van der Waals surface area contributed by atoms with Gasteiger partial charge in [-0.05, 0) is 24.1 Å². The number of anilines is 1. The molecule has 0 amide bonds. The van der Waals surface area contributed by atoms with Crippen LogP contribution >= 0.6 is 15.9 Å². The lowest BCUT2D eigenvalue weighted by Crippen LogP contribution is -1.99. The van der Waals surface area contributed by atoms with Crippen molar-refractivity contribution in [2.24, 2.45) is 0 Å². The second-order valence-electron chi connectivity index (χ2n) is 4.26. The minimum Gasteiger partial charge on any atom is -0.494 e. The van der Waals surface area contributed by atoms with E-state index in [1.807, 2.05) is 18.2 Å². The lowest BCUT2D eigenvalue weighted by atomic mass is 10.1. The number of halogens is 1. The van der Waals surface area contributed by atoms with Crippen LogP contribution in [-0.4, -0.2) is 12.1 Å². The van der Waals surface area contributed by atoms with Crippen LogP contribution in [0, 0.1) is 0 Å². The number of hydrogen-bond acceptors (Lipinski definition) is 3. The molecule has 2 aromatic rings. The molecular formula is C13H15BrN2O. The molecule has 1 aromatic heterocycles. The molecule has 1 heterocycles. The third kappa shape index (κ3) is 2.09. The van der Waals surface area contributed by atoms with E-state index in [4.69, 9.17) is 10.5 Å². The molecule has 4 heteroatoms. The molecule has 0 atom stereocenters. The monoisotopic (exact) mass is 294 g/mol. The first-order chi connectivity index (χ1) is 8.04. The summed E-state index contributed by atoms with van der Waals surface area (Å²) >= 11 is 3.50. The van der Waals surface area contributed by atoms with E-state index in [1.165, 1.54) is 0 Å². The second kappa shape index (κ2) is 4.53. The van der Waals surface area contributed by atoms with Crippen LogP contribution in [-0.2, 0) is 0 Å². The Morgan fingerprint density at radius 1 is 1.35 bits per heavy atom. The van der Waals surface area contributed by atoms with Crippen molar-refractivity contribution in [3.8, 4) is 5.75 Å². The molecule has 0 spiro atoms. The Bertz CT molecular complexity index is 567. The molecule has 3 nitrogen and oxygen atoms in total. The number of pyridine rings is 1. The van der Waals surface area contributed by atoms with Crippen molar-refractivity contribution in [3.63, 3.8) is 0 Å². The molecule has 0 bridgehead atoms. The highest BCUT2D eigenvalue weighted by molar-refractivity contribution is 9.10. The zero-order valence-corrected chi connectivity index (χ0v) is 11.7. The van der Waals surface area contributed by atoms with E-state index in [-0.39, 0.29) is 0 Å². The van der Waals surface area contributed by atoms with Crippen LogP contribution in [0.5, 0.6) is 5.75 Å². The highest BCUT2D eigenvalue weighted by Gasteiger charge is 2.12. The Hall–Kier alpha value is -1.29. The highest BCUT2D eigenvalue weighted by atomic mass is 79.9. The fourth-order valence-electron chi connectivity index (χ4n) is 1.79. The van der Waals surface area contributed by atoms with E-state index in [2.05, 4.69) is 34.8 Å². The molecule has 2 rings (SSSR count). The van der Waals surface area contributed by atoms with Crippen molar-refractivity contribution in [2.45, 2.75) is 19.8 Å². The molecule has 0 aliphatic rings. The molecule has 0 unspecified atom stereocenters. The number of methoxy groups -OCH3 is 1. The van der Waals surface area contributed by atoms with E-state index >= 15 is 0 Å². The maximum atomic E-state index is 6.09. The van der Waals surface area contributed by atoms with Gasteiger partial charge in [-0.1, -0.05) is 29.8 Å². The number of hydrogen-bond donors (Lipinski definition) is 1. The predicted octanol–water partition coefficient (Wildman–Crippen LogP) is 3.71. The predicted molar refractivity (Wildman–Crippen MR) is 74.5 cm³/mol. The zero-order valence-electron chi connectivity index (χ0n) is 10.1. The lowest BCUT2D eigenvalue weighted by molar-refractivity contribution is 0.418. The maximum absolute atomic E-state index is 6.09. The van der Waals surface area contributed by atoms with Crippen LogP contribution in [0.25, 0.3) is 10.9 Å². The Morgan fingerprint density at radius 3 is 2.65 bits per heavy atom. The van der Waals surface area contributed by atoms with Crippen LogP contribution in [0.3, 0.4) is 0 Å². The van der Waals surface area contributed by atoms with E-state index in [0.717, 1.165) is 32.5 Å². The van der Waals surface area contributed by atoms with Gasteiger partial charge in [0.15, 0.2) is 0 Å². The first-order valence-electron chi connectivity index (χ1n) is 5.47. The molecule has 0 aliphatic heterocycles. The first kappa shape index (κ1) is 12.2. The number of rotatable bonds is 2. The van der Waals surface area contributed by atoms with Gasteiger partial charge >= 0.3 is 0 Å². The van der Waals surface area contributed by atoms with E-state index in [0.29, 0.717) is 5.92 Å². The van der Waals surface area contributed by atoms with Crippen LogP contribution in [0.15, 0.2) is 22.7 Å². The smallest absolute Gasteiger partial charge is 0.145 e. The molecule has 1 aromatic carbocycles.